The molecule has 0 aromatic heterocycles. The van der Waals surface area contributed by atoms with Gasteiger partial charge in [0.25, 0.3) is 0 Å². The van der Waals surface area contributed by atoms with Crippen LogP contribution in [-0.4, -0.2) is 18.2 Å². The summed E-state index contributed by atoms with van der Waals surface area (Å²) in [6, 6.07) is 11.5. The van der Waals surface area contributed by atoms with Crippen molar-refractivity contribution in [1.29, 1.82) is 0 Å². The first kappa shape index (κ1) is 12.4. The molecule has 0 heterocycles. The number of carbonyl (C=O) groups is 1. The molecule has 2 aromatic carbocycles. The SMILES string of the molecule is COc1ccc2ccccc2c1C(C)(C)C(=O)O. The second kappa shape index (κ2) is 4.33. The lowest BCUT2D eigenvalue weighted by atomic mass is 9.81. The van der Waals surface area contributed by atoms with Gasteiger partial charge in [-0.05, 0) is 30.7 Å². The van der Waals surface area contributed by atoms with E-state index in [1.165, 1.54) is 0 Å². The maximum Gasteiger partial charge on any atom is 0.313 e. The smallest absolute Gasteiger partial charge is 0.313 e. The molecule has 2 rings (SSSR count). The largest absolute Gasteiger partial charge is 0.496 e. The van der Waals surface area contributed by atoms with Crippen LogP contribution in [0.2, 0.25) is 0 Å². The average Bonchev–Trinajstić information content (AvgIpc) is 2.36. The summed E-state index contributed by atoms with van der Waals surface area (Å²) in [5.74, 6) is -0.252. The molecule has 3 heteroatoms. The molecule has 0 unspecified atom stereocenters. The highest BCUT2D eigenvalue weighted by molar-refractivity contribution is 5.94. The van der Waals surface area contributed by atoms with Crippen LogP contribution < -0.4 is 4.74 Å². The number of carboxylic acid groups (broad SMARTS) is 1. The van der Waals surface area contributed by atoms with Gasteiger partial charge in [0.15, 0.2) is 0 Å². The molecule has 94 valence electrons. The van der Waals surface area contributed by atoms with Crippen molar-refractivity contribution < 1.29 is 14.6 Å². The standard InChI is InChI=1S/C15H16O3/c1-15(2,14(16)17)13-11-7-5-4-6-10(11)8-9-12(13)18-3/h4-9H,1-3H3,(H,16,17). The van der Waals surface area contributed by atoms with Gasteiger partial charge in [-0.1, -0.05) is 30.3 Å². The fourth-order valence-electron chi connectivity index (χ4n) is 2.17. The molecule has 0 fully saturated rings. The third kappa shape index (κ3) is 1.82. The van der Waals surface area contributed by atoms with Crippen molar-refractivity contribution in [2.75, 3.05) is 7.11 Å². The van der Waals surface area contributed by atoms with E-state index >= 15 is 0 Å². The number of hydrogen-bond donors (Lipinski definition) is 1. The zero-order valence-corrected chi connectivity index (χ0v) is 10.7. The number of carboxylic acids is 1. The Bertz CT molecular complexity index is 600. The number of fused-ring (bicyclic) bond motifs is 1. The van der Waals surface area contributed by atoms with E-state index in [4.69, 9.17) is 4.74 Å². The third-order valence-corrected chi connectivity index (χ3v) is 3.27. The van der Waals surface area contributed by atoms with Crippen molar-refractivity contribution >= 4 is 16.7 Å². The highest BCUT2D eigenvalue weighted by Crippen LogP contribution is 2.37. The lowest BCUT2D eigenvalue weighted by molar-refractivity contribution is -0.142. The van der Waals surface area contributed by atoms with E-state index in [-0.39, 0.29) is 0 Å². The van der Waals surface area contributed by atoms with E-state index in [2.05, 4.69) is 0 Å². The van der Waals surface area contributed by atoms with Gasteiger partial charge in [0.05, 0.1) is 12.5 Å². The van der Waals surface area contributed by atoms with Gasteiger partial charge in [0.2, 0.25) is 0 Å². The molecule has 3 nitrogen and oxygen atoms in total. The first-order valence-electron chi connectivity index (χ1n) is 5.78. The molecule has 0 radical (unpaired) electrons. The van der Waals surface area contributed by atoms with E-state index in [0.717, 1.165) is 16.3 Å². The molecular formula is C15H16O3. The molecule has 0 atom stereocenters. The summed E-state index contributed by atoms with van der Waals surface area (Å²) in [6.45, 7) is 3.39. The number of aliphatic carboxylic acids is 1. The van der Waals surface area contributed by atoms with Crippen LogP contribution in [0.1, 0.15) is 19.4 Å². The molecule has 0 aliphatic carbocycles. The van der Waals surface area contributed by atoms with Gasteiger partial charge >= 0.3 is 5.97 Å². The Morgan fingerprint density at radius 3 is 2.44 bits per heavy atom. The van der Waals surface area contributed by atoms with Gasteiger partial charge < -0.3 is 9.84 Å². The highest BCUT2D eigenvalue weighted by Gasteiger charge is 2.34. The first-order valence-corrected chi connectivity index (χ1v) is 5.78. The molecule has 18 heavy (non-hydrogen) atoms. The molecule has 0 aliphatic rings. The van der Waals surface area contributed by atoms with Gasteiger partial charge in [-0.3, -0.25) is 4.79 Å². The number of rotatable bonds is 3. The second-order valence-electron chi connectivity index (χ2n) is 4.79. The van der Waals surface area contributed by atoms with E-state index in [1.54, 1.807) is 21.0 Å². The summed E-state index contributed by atoms with van der Waals surface area (Å²) in [4.78, 5) is 11.5. The van der Waals surface area contributed by atoms with Crippen molar-refractivity contribution in [1.82, 2.24) is 0 Å². The highest BCUT2D eigenvalue weighted by atomic mass is 16.5. The van der Waals surface area contributed by atoms with Gasteiger partial charge in [-0.15, -0.1) is 0 Å². The molecule has 1 N–H and O–H groups in total. The lowest BCUT2D eigenvalue weighted by Gasteiger charge is -2.24. The molecule has 0 saturated heterocycles. The number of methoxy groups -OCH3 is 1. The Morgan fingerprint density at radius 1 is 1.17 bits per heavy atom. The summed E-state index contributed by atoms with van der Waals surface area (Å²) >= 11 is 0. The fraction of sp³-hybridized carbons (Fsp3) is 0.267. The number of hydrogen-bond acceptors (Lipinski definition) is 2. The topological polar surface area (TPSA) is 46.5 Å². The predicted octanol–water partition coefficient (Wildman–Crippen LogP) is 3.21. The van der Waals surface area contributed by atoms with Gasteiger partial charge in [0, 0.05) is 5.56 Å². The molecule has 0 spiro atoms. The van der Waals surface area contributed by atoms with E-state index in [9.17, 15) is 9.90 Å². The maximum absolute atomic E-state index is 11.5. The van der Waals surface area contributed by atoms with Crippen molar-refractivity contribution in [3.63, 3.8) is 0 Å². The Morgan fingerprint density at radius 2 is 1.83 bits per heavy atom. The normalized spacial score (nSPS) is 11.5. The van der Waals surface area contributed by atoms with Crippen molar-refractivity contribution in [2.24, 2.45) is 0 Å². The minimum Gasteiger partial charge on any atom is -0.496 e. The van der Waals surface area contributed by atoms with Crippen LogP contribution in [-0.2, 0) is 10.2 Å². The zero-order valence-electron chi connectivity index (χ0n) is 10.7. The number of benzene rings is 2. The lowest BCUT2D eigenvalue weighted by Crippen LogP contribution is -2.29. The first-order chi connectivity index (χ1) is 8.48. The maximum atomic E-state index is 11.5. The van der Waals surface area contributed by atoms with Gasteiger partial charge in [-0.25, -0.2) is 0 Å². The van der Waals surface area contributed by atoms with Gasteiger partial charge in [-0.2, -0.15) is 0 Å². The molecule has 0 bridgehead atoms. The zero-order chi connectivity index (χ0) is 13.3. The van der Waals surface area contributed by atoms with Crippen LogP contribution in [0.3, 0.4) is 0 Å². The van der Waals surface area contributed by atoms with E-state index < -0.39 is 11.4 Å². The number of ether oxygens (including phenoxy) is 1. The Balaban J connectivity index is 2.85. The summed E-state index contributed by atoms with van der Waals surface area (Å²) < 4.78 is 5.33. The molecule has 2 aromatic rings. The molecular weight excluding hydrogens is 228 g/mol. The van der Waals surface area contributed by atoms with E-state index in [0.29, 0.717) is 5.75 Å². The Hall–Kier alpha value is -2.03. The van der Waals surface area contributed by atoms with Crippen LogP contribution >= 0.6 is 0 Å². The van der Waals surface area contributed by atoms with Crippen LogP contribution in [0.5, 0.6) is 5.75 Å². The third-order valence-electron chi connectivity index (χ3n) is 3.27. The summed E-state index contributed by atoms with van der Waals surface area (Å²) in [5.41, 5.74) is -0.276. The molecule has 0 amide bonds. The van der Waals surface area contributed by atoms with E-state index in [1.807, 2.05) is 36.4 Å². The predicted molar refractivity (Wildman–Crippen MR) is 71.2 cm³/mol. The summed E-state index contributed by atoms with van der Waals surface area (Å²) in [7, 11) is 1.56. The fourth-order valence-corrected chi connectivity index (χ4v) is 2.17. The van der Waals surface area contributed by atoms with Crippen molar-refractivity contribution in [3.8, 4) is 5.75 Å². The second-order valence-corrected chi connectivity index (χ2v) is 4.79. The van der Waals surface area contributed by atoms with Crippen LogP contribution in [0, 0.1) is 0 Å². The van der Waals surface area contributed by atoms with Crippen molar-refractivity contribution in [3.05, 3.63) is 42.0 Å². The van der Waals surface area contributed by atoms with Crippen LogP contribution in [0.15, 0.2) is 36.4 Å². The minimum absolute atomic E-state index is 0.612. The van der Waals surface area contributed by atoms with Crippen LogP contribution in [0.4, 0.5) is 0 Å². The molecule has 0 saturated carbocycles. The quantitative estimate of drug-likeness (QED) is 0.901. The minimum atomic E-state index is -0.994. The van der Waals surface area contributed by atoms with Gasteiger partial charge in [0.1, 0.15) is 5.75 Å². The average molecular weight is 244 g/mol. The molecule has 0 aliphatic heterocycles. The Labute approximate surface area is 106 Å². The summed E-state index contributed by atoms with van der Waals surface area (Å²) in [6.07, 6.45) is 0. The Kier molecular flexibility index (Phi) is 2.99. The summed E-state index contributed by atoms with van der Waals surface area (Å²) in [5, 5.41) is 11.4. The van der Waals surface area contributed by atoms with Crippen LogP contribution in [0.25, 0.3) is 10.8 Å². The van der Waals surface area contributed by atoms with Crippen molar-refractivity contribution in [2.45, 2.75) is 19.3 Å². The monoisotopic (exact) mass is 244 g/mol.